The molecule has 3 N–H and O–H groups in total. The van der Waals surface area contributed by atoms with Gasteiger partial charge in [0, 0.05) is 5.69 Å². The van der Waals surface area contributed by atoms with Gasteiger partial charge in [0.05, 0.1) is 6.10 Å². The Hall–Kier alpha value is -2.24. The molecule has 0 saturated carbocycles. The summed E-state index contributed by atoms with van der Waals surface area (Å²) < 4.78 is 5.48. The zero-order valence-corrected chi connectivity index (χ0v) is 11.8. The number of carboxylic acid groups (broad SMARTS) is 1. The predicted molar refractivity (Wildman–Crippen MR) is 76.1 cm³/mol. The lowest BCUT2D eigenvalue weighted by atomic mass is 10.2. The lowest BCUT2D eigenvalue weighted by Crippen LogP contribution is -2.42. The Morgan fingerprint density at radius 3 is 2.30 bits per heavy atom. The fourth-order valence-corrected chi connectivity index (χ4v) is 1.55. The van der Waals surface area contributed by atoms with Crippen LogP contribution in [-0.2, 0) is 4.79 Å². The molecule has 0 bridgehead atoms. The number of rotatable bonds is 6. The van der Waals surface area contributed by atoms with E-state index in [0.717, 1.165) is 0 Å². The minimum atomic E-state index is -1.05. The molecule has 0 heterocycles. The van der Waals surface area contributed by atoms with Crippen molar-refractivity contribution >= 4 is 17.7 Å². The van der Waals surface area contributed by atoms with E-state index in [-0.39, 0.29) is 6.10 Å². The summed E-state index contributed by atoms with van der Waals surface area (Å²) in [4.78, 5) is 22.4. The number of hydrogen-bond donors (Lipinski definition) is 3. The van der Waals surface area contributed by atoms with Gasteiger partial charge in [0.2, 0.25) is 0 Å². The third-order valence-corrected chi connectivity index (χ3v) is 2.50. The second-order valence-corrected chi connectivity index (χ2v) is 4.59. The summed E-state index contributed by atoms with van der Waals surface area (Å²) in [5.41, 5.74) is 0.568. The van der Waals surface area contributed by atoms with Crippen molar-refractivity contribution in [2.75, 3.05) is 5.32 Å². The number of anilines is 1. The zero-order chi connectivity index (χ0) is 15.1. The standard InChI is InChI=1S/C14H20N2O4/c1-4-12(13(17)18)16-14(19)15-10-5-7-11(8-6-10)20-9(2)3/h5-9,12H,4H2,1-3H3,(H,17,18)(H2,15,16,19)/t12-/m0/s1. The van der Waals surface area contributed by atoms with Crippen LogP contribution >= 0.6 is 0 Å². The highest BCUT2D eigenvalue weighted by Crippen LogP contribution is 2.16. The van der Waals surface area contributed by atoms with Crippen LogP contribution < -0.4 is 15.4 Å². The number of carbonyl (C=O) groups excluding carboxylic acids is 1. The summed E-state index contributed by atoms with van der Waals surface area (Å²) in [6.45, 7) is 5.55. The predicted octanol–water partition coefficient (Wildman–Crippen LogP) is 2.46. The van der Waals surface area contributed by atoms with Gasteiger partial charge in [-0.25, -0.2) is 9.59 Å². The number of carboxylic acids is 1. The monoisotopic (exact) mass is 280 g/mol. The number of carbonyl (C=O) groups is 2. The number of ether oxygens (including phenoxy) is 1. The molecule has 2 amide bonds. The summed E-state index contributed by atoms with van der Waals surface area (Å²) in [5.74, 6) is -0.341. The maximum atomic E-state index is 11.6. The fraction of sp³-hybridized carbons (Fsp3) is 0.429. The van der Waals surface area contributed by atoms with Gasteiger partial charge < -0.3 is 20.5 Å². The van der Waals surface area contributed by atoms with Gasteiger partial charge in [-0.2, -0.15) is 0 Å². The van der Waals surface area contributed by atoms with Gasteiger partial charge in [-0.05, 0) is 44.5 Å². The highest BCUT2D eigenvalue weighted by atomic mass is 16.5. The van der Waals surface area contributed by atoms with Crippen LogP contribution in [0.2, 0.25) is 0 Å². The number of benzene rings is 1. The SMILES string of the molecule is CC[C@H](NC(=O)Nc1ccc(OC(C)C)cc1)C(=O)O. The summed E-state index contributed by atoms with van der Waals surface area (Å²) in [7, 11) is 0. The molecule has 1 aromatic rings. The Labute approximate surface area is 118 Å². The van der Waals surface area contributed by atoms with Gasteiger partial charge in [-0.1, -0.05) is 6.92 Å². The van der Waals surface area contributed by atoms with E-state index >= 15 is 0 Å². The van der Waals surface area contributed by atoms with Crippen molar-refractivity contribution in [1.82, 2.24) is 5.32 Å². The normalized spacial score (nSPS) is 11.8. The van der Waals surface area contributed by atoms with Crippen molar-refractivity contribution in [2.45, 2.75) is 39.3 Å². The van der Waals surface area contributed by atoms with E-state index < -0.39 is 18.0 Å². The molecule has 6 heteroatoms. The highest BCUT2D eigenvalue weighted by Gasteiger charge is 2.17. The van der Waals surface area contributed by atoms with Crippen LogP contribution in [0.15, 0.2) is 24.3 Å². The lowest BCUT2D eigenvalue weighted by molar-refractivity contribution is -0.139. The van der Waals surface area contributed by atoms with Crippen molar-refractivity contribution < 1.29 is 19.4 Å². The highest BCUT2D eigenvalue weighted by molar-refractivity contribution is 5.92. The average Bonchev–Trinajstić information content (AvgIpc) is 2.37. The number of nitrogens with one attached hydrogen (secondary N) is 2. The molecule has 0 radical (unpaired) electrons. The molecule has 0 fully saturated rings. The lowest BCUT2D eigenvalue weighted by Gasteiger charge is -2.14. The van der Waals surface area contributed by atoms with Gasteiger partial charge in [-0.3, -0.25) is 0 Å². The van der Waals surface area contributed by atoms with E-state index in [9.17, 15) is 9.59 Å². The minimum absolute atomic E-state index is 0.0815. The summed E-state index contributed by atoms with van der Waals surface area (Å²) in [5, 5.41) is 13.8. The molecule has 110 valence electrons. The smallest absolute Gasteiger partial charge is 0.326 e. The van der Waals surface area contributed by atoms with Crippen LogP contribution in [0.1, 0.15) is 27.2 Å². The molecule has 6 nitrogen and oxygen atoms in total. The van der Waals surface area contributed by atoms with Crippen molar-refractivity contribution in [2.24, 2.45) is 0 Å². The topological polar surface area (TPSA) is 87.7 Å². The number of aliphatic carboxylic acids is 1. The van der Waals surface area contributed by atoms with Crippen molar-refractivity contribution in [3.05, 3.63) is 24.3 Å². The van der Waals surface area contributed by atoms with Gasteiger partial charge in [-0.15, -0.1) is 0 Å². The summed E-state index contributed by atoms with van der Waals surface area (Å²) in [6.07, 6.45) is 0.405. The molecule has 1 rings (SSSR count). The Morgan fingerprint density at radius 1 is 1.25 bits per heavy atom. The Bertz CT molecular complexity index is 457. The molecule has 0 aromatic heterocycles. The Balaban J connectivity index is 2.55. The minimum Gasteiger partial charge on any atom is -0.491 e. The number of amides is 2. The molecular formula is C14H20N2O4. The van der Waals surface area contributed by atoms with Crippen LogP contribution in [0, 0.1) is 0 Å². The largest absolute Gasteiger partial charge is 0.491 e. The maximum Gasteiger partial charge on any atom is 0.326 e. The maximum absolute atomic E-state index is 11.6. The van der Waals surface area contributed by atoms with E-state index in [4.69, 9.17) is 9.84 Å². The molecule has 1 aromatic carbocycles. The third-order valence-electron chi connectivity index (χ3n) is 2.50. The van der Waals surface area contributed by atoms with Gasteiger partial charge in [0.1, 0.15) is 11.8 Å². The first-order valence-corrected chi connectivity index (χ1v) is 6.49. The Morgan fingerprint density at radius 2 is 1.85 bits per heavy atom. The van der Waals surface area contributed by atoms with E-state index in [0.29, 0.717) is 17.9 Å². The van der Waals surface area contributed by atoms with Crippen molar-refractivity contribution in [3.63, 3.8) is 0 Å². The van der Waals surface area contributed by atoms with Gasteiger partial charge in [0.25, 0.3) is 0 Å². The molecule has 0 aliphatic rings. The van der Waals surface area contributed by atoms with E-state index in [1.807, 2.05) is 13.8 Å². The molecule has 20 heavy (non-hydrogen) atoms. The molecule has 0 aliphatic carbocycles. The first-order valence-electron chi connectivity index (χ1n) is 6.49. The fourth-order valence-electron chi connectivity index (χ4n) is 1.55. The molecular weight excluding hydrogens is 260 g/mol. The van der Waals surface area contributed by atoms with Gasteiger partial charge in [0.15, 0.2) is 0 Å². The second kappa shape index (κ2) is 7.37. The summed E-state index contributed by atoms with van der Waals surface area (Å²) >= 11 is 0. The zero-order valence-electron chi connectivity index (χ0n) is 11.8. The summed E-state index contributed by atoms with van der Waals surface area (Å²) in [6, 6.07) is 5.43. The van der Waals surface area contributed by atoms with E-state index in [2.05, 4.69) is 10.6 Å². The number of urea groups is 1. The van der Waals surface area contributed by atoms with E-state index in [1.165, 1.54) is 0 Å². The van der Waals surface area contributed by atoms with Crippen LogP contribution in [-0.4, -0.2) is 29.3 Å². The Kier molecular flexibility index (Phi) is 5.83. The second-order valence-electron chi connectivity index (χ2n) is 4.59. The molecule has 0 saturated heterocycles. The third kappa shape index (κ3) is 5.17. The first-order chi connectivity index (χ1) is 9.42. The first kappa shape index (κ1) is 15.8. The molecule has 0 aliphatic heterocycles. The molecule has 0 unspecified atom stereocenters. The van der Waals surface area contributed by atoms with E-state index in [1.54, 1.807) is 31.2 Å². The van der Waals surface area contributed by atoms with Crippen LogP contribution in [0.4, 0.5) is 10.5 Å². The average molecular weight is 280 g/mol. The molecule has 1 atom stereocenters. The van der Waals surface area contributed by atoms with Crippen LogP contribution in [0.3, 0.4) is 0 Å². The quantitative estimate of drug-likeness (QED) is 0.747. The van der Waals surface area contributed by atoms with Crippen LogP contribution in [0.25, 0.3) is 0 Å². The van der Waals surface area contributed by atoms with Gasteiger partial charge >= 0.3 is 12.0 Å². The van der Waals surface area contributed by atoms with Crippen molar-refractivity contribution in [3.8, 4) is 5.75 Å². The van der Waals surface area contributed by atoms with Crippen molar-refractivity contribution in [1.29, 1.82) is 0 Å². The molecule has 0 spiro atoms. The number of hydrogen-bond acceptors (Lipinski definition) is 3. The van der Waals surface area contributed by atoms with Crippen LogP contribution in [0.5, 0.6) is 5.75 Å².